The third-order valence-electron chi connectivity index (χ3n) is 3.22. The molecule has 0 spiro atoms. The van der Waals surface area contributed by atoms with E-state index in [1.54, 1.807) is 0 Å². The molecular weight excluding hydrogens is 186 g/mol. The minimum Gasteiger partial charge on any atom is -0.365 e. The summed E-state index contributed by atoms with van der Waals surface area (Å²) in [5.41, 5.74) is 1.49. The molecule has 1 fully saturated rings. The zero-order valence-corrected chi connectivity index (χ0v) is 9.64. The minimum atomic E-state index is 0.187. The fourth-order valence-corrected chi connectivity index (χ4v) is 2.07. The lowest BCUT2D eigenvalue weighted by Crippen LogP contribution is -2.40. The van der Waals surface area contributed by atoms with Gasteiger partial charge in [0.25, 0.3) is 0 Å². The molecule has 1 saturated heterocycles. The maximum atomic E-state index is 3.63. The molecule has 2 heterocycles. The lowest BCUT2D eigenvalue weighted by Gasteiger charge is -2.26. The van der Waals surface area contributed by atoms with E-state index in [1.165, 1.54) is 12.1 Å². The van der Waals surface area contributed by atoms with Gasteiger partial charge < -0.3 is 15.6 Å². The number of nitrogens with one attached hydrogen (secondary N) is 3. The first-order valence-corrected chi connectivity index (χ1v) is 5.76. The summed E-state index contributed by atoms with van der Waals surface area (Å²) >= 11 is 0. The number of hydrogen-bond acceptors (Lipinski definition) is 2. The van der Waals surface area contributed by atoms with Crippen LogP contribution in [-0.4, -0.2) is 30.7 Å². The molecule has 0 bridgehead atoms. The molecule has 0 aromatic carbocycles. The quantitative estimate of drug-likeness (QED) is 0.695. The van der Waals surface area contributed by atoms with Gasteiger partial charge >= 0.3 is 0 Å². The second kappa shape index (κ2) is 4.37. The maximum absolute atomic E-state index is 3.63. The Hall–Kier alpha value is -0.800. The number of aromatic amines is 1. The highest BCUT2D eigenvalue weighted by Gasteiger charge is 2.23. The van der Waals surface area contributed by atoms with Crippen molar-refractivity contribution in [1.29, 1.82) is 0 Å². The number of hydrogen-bond donors (Lipinski definition) is 3. The molecule has 1 aromatic heterocycles. The predicted octanol–water partition coefficient (Wildman–Crippen LogP) is 1.24. The van der Waals surface area contributed by atoms with Gasteiger partial charge in [-0.2, -0.15) is 0 Å². The van der Waals surface area contributed by atoms with E-state index in [2.05, 4.69) is 41.6 Å². The third kappa shape index (κ3) is 2.61. The van der Waals surface area contributed by atoms with Crippen LogP contribution in [0.3, 0.4) is 0 Å². The van der Waals surface area contributed by atoms with Crippen molar-refractivity contribution in [3.63, 3.8) is 0 Å². The molecular formula is C12H21N3. The van der Waals surface area contributed by atoms with Gasteiger partial charge in [0.2, 0.25) is 0 Å². The Kier molecular flexibility index (Phi) is 3.12. The van der Waals surface area contributed by atoms with Crippen molar-refractivity contribution in [1.82, 2.24) is 15.6 Å². The first-order chi connectivity index (χ1) is 7.18. The van der Waals surface area contributed by atoms with Crippen molar-refractivity contribution >= 4 is 0 Å². The van der Waals surface area contributed by atoms with Gasteiger partial charge in [-0.15, -0.1) is 0 Å². The second-order valence-corrected chi connectivity index (χ2v) is 5.04. The van der Waals surface area contributed by atoms with E-state index in [0.717, 1.165) is 19.6 Å². The van der Waals surface area contributed by atoms with Crippen LogP contribution >= 0.6 is 0 Å². The van der Waals surface area contributed by atoms with Crippen LogP contribution < -0.4 is 10.6 Å². The summed E-state index contributed by atoms with van der Waals surface area (Å²) in [6, 6.07) is 4.88. The molecule has 0 amide bonds. The van der Waals surface area contributed by atoms with E-state index in [9.17, 15) is 0 Å². The molecule has 0 aliphatic carbocycles. The molecule has 1 aliphatic rings. The number of rotatable bonds is 4. The monoisotopic (exact) mass is 207 g/mol. The van der Waals surface area contributed by atoms with Crippen LogP contribution in [0.15, 0.2) is 18.3 Å². The summed E-state index contributed by atoms with van der Waals surface area (Å²) < 4.78 is 0. The Morgan fingerprint density at radius 3 is 3.00 bits per heavy atom. The maximum Gasteiger partial charge on any atom is 0.0217 e. The molecule has 0 saturated carbocycles. The SMILES string of the molecule is CC(C)(CNC1CCNC1)c1ccc[nH]1. The molecule has 3 nitrogen and oxygen atoms in total. The van der Waals surface area contributed by atoms with E-state index in [1.807, 2.05) is 6.20 Å². The van der Waals surface area contributed by atoms with Gasteiger partial charge in [0.1, 0.15) is 0 Å². The zero-order chi connectivity index (χ0) is 10.7. The Labute approximate surface area is 91.7 Å². The first-order valence-electron chi connectivity index (χ1n) is 5.76. The van der Waals surface area contributed by atoms with Crippen molar-refractivity contribution in [3.8, 4) is 0 Å². The average Bonchev–Trinajstić information content (AvgIpc) is 2.88. The van der Waals surface area contributed by atoms with Gasteiger partial charge in [-0.3, -0.25) is 0 Å². The van der Waals surface area contributed by atoms with E-state index in [4.69, 9.17) is 0 Å². The van der Waals surface area contributed by atoms with Crippen LogP contribution in [0.25, 0.3) is 0 Å². The van der Waals surface area contributed by atoms with Gasteiger partial charge in [-0.25, -0.2) is 0 Å². The topological polar surface area (TPSA) is 39.8 Å². The zero-order valence-electron chi connectivity index (χ0n) is 9.64. The Bertz CT molecular complexity index is 284. The summed E-state index contributed by atoms with van der Waals surface area (Å²) in [4.78, 5) is 3.30. The van der Waals surface area contributed by atoms with Crippen LogP contribution in [0.4, 0.5) is 0 Å². The summed E-state index contributed by atoms with van der Waals surface area (Å²) in [6.45, 7) is 7.84. The Morgan fingerprint density at radius 2 is 2.40 bits per heavy atom. The largest absolute Gasteiger partial charge is 0.365 e. The Morgan fingerprint density at radius 1 is 1.53 bits per heavy atom. The van der Waals surface area contributed by atoms with E-state index in [-0.39, 0.29) is 5.41 Å². The summed E-state index contributed by atoms with van der Waals surface area (Å²) in [6.07, 6.45) is 3.25. The summed E-state index contributed by atoms with van der Waals surface area (Å²) in [5.74, 6) is 0. The van der Waals surface area contributed by atoms with E-state index < -0.39 is 0 Å². The predicted molar refractivity (Wildman–Crippen MR) is 63.1 cm³/mol. The Balaban J connectivity index is 1.87. The number of aromatic nitrogens is 1. The van der Waals surface area contributed by atoms with Crippen molar-refractivity contribution in [2.24, 2.45) is 0 Å². The van der Waals surface area contributed by atoms with Gasteiger partial charge in [0.05, 0.1) is 0 Å². The van der Waals surface area contributed by atoms with Crippen molar-refractivity contribution < 1.29 is 0 Å². The second-order valence-electron chi connectivity index (χ2n) is 5.04. The van der Waals surface area contributed by atoms with Crippen LogP contribution in [0, 0.1) is 0 Å². The minimum absolute atomic E-state index is 0.187. The van der Waals surface area contributed by atoms with Crippen LogP contribution in [-0.2, 0) is 5.41 Å². The van der Waals surface area contributed by atoms with Gasteiger partial charge in [-0.05, 0) is 25.1 Å². The van der Waals surface area contributed by atoms with Gasteiger partial charge in [-0.1, -0.05) is 13.8 Å². The van der Waals surface area contributed by atoms with Crippen LogP contribution in [0.1, 0.15) is 26.0 Å². The molecule has 1 atom stereocenters. The summed E-state index contributed by atoms with van der Waals surface area (Å²) in [7, 11) is 0. The molecule has 3 N–H and O–H groups in total. The highest BCUT2D eigenvalue weighted by atomic mass is 15.0. The van der Waals surface area contributed by atoms with Crippen LogP contribution in [0.5, 0.6) is 0 Å². The molecule has 2 rings (SSSR count). The fraction of sp³-hybridized carbons (Fsp3) is 0.667. The number of H-pyrrole nitrogens is 1. The fourth-order valence-electron chi connectivity index (χ4n) is 2.07. The van der Waals surface area contributed by atoms with Crippen LogP contribution in [0.2, 0.25) is 0 Å². The van der Waals surface area contributed by atoms with E-state index >= 15 is 0 Å². The lowest BCUT2D eigenvalue weighted by molar-refractivity contribution is 0.422. The molecule has 1 aromatic rings. The summed E-state index contributed by atoms with van der Waals surface area (Å²) in [5, 5.41) is 7.00. The highest BCUT2D eigenvalue weighted by molar-refractivity contribution is 5.15. The van der Waals surface area contributed by atoms with Crippen molar-refractivity contribution in [3.05, 3.63) is 24.0 Å². The molecule has 1 unspecified atom stereocenters. The van der Waals surface area contributed by atoms with Gasteiger partial charge in [0.15, 0.2) is 0 Å². The highest BCUT2D eigenvalue weighted by Crippen LogP contribution is 2.20. The molecule has 3 heteroatoms. The molecule has 84 valence electrons. The lowest BCUT2D eigenvalue weighted by atomic mass is 9.89. The third-order valence-corrected chi connectivity index (χ3v) is 3.22. The first kappa shape index (κ1) is 10.7. The smallest absolute Gasteiger partial charge is 0.0217 e. The molecule has 0 radical (unpaired) electrons. The van der Waals surface area contributed by atoms with Crippen molar-refractivity contribution in [2.75, 3.05) is 19.6 Å². The van der Waals surface area contributed by atoms with Crippen molar-refractivity contribution in [2.45, 2.75) is 31.7 Å². The van der Waals surface area contributed by atoms with Gasteiger partial charge in [0, 0.05) is 36.4 Å². The normalized spacial score (nSPS) is 22.1. The standard InChI is InChI=1S/C12H21N3/c1-12(2,11-4-3-6-14-11)9-15-10-5-7-13-8-10/h3-4,6,10,13-15H,5,7-9H2,1-2H3. The average molecular weight is 207 g/mol. The molecule has 15 heavy (non-hydrogen) atoms. The molecule has 1 aliphatic heterocycles. The van der Waals surface area contributed by atoms with E-state index in [0.29, 0.717) is 6.04 Å².